The zero-order chi connectivity index (χ0) is 15.1. The Labute approximate surface area is 116 Å². The zero-order valence-corrected chi connectivity index (χ0v) is 13.1. The highest BCUT2D eigenvalue weighted by Gasteiger charge is 2.49. The predicted octanol–water partition coefficient (Wildman–Crippen LogP) is 3.19. The van der Waals surface area contributed by atoms with E-state index in [-0.39, 0.29) is 17.9 Å². The SMILES string of the molecule is CCOC(=O)C(C(C)C)C(CC)(CC)C(=O)OCC. The smallest absolute Gasteiger partial charge is 0.312 e. The molecule has 0 N–H and O–H groups in total. The van der Waals surface area contributed by atoms with Gasteiger partial charge in [-0.3, -0.25) is 9.59 Å². The van der Waals surface area contributed by atoms with Crippen LogP contribution in [0.4, 0.5) is 0 Å². The summed E-state index contributed by atoms with van der Waals surface area (Å²) in [7, 11) is 0. The molecule has 0 amide bonds. The summed E-state index contributed by atoms with van der Waals surface area (Å²) in [6, 6.07) is 0. The van der Waals surface area contributed by atoms with E-state index in [1.807, 2.05) is 27.7 Å². The van der Waals surface area contributed by atoms with Crippen LogP contribution in [0, 0.1) is 17.3 Å². The molecule has 0 aromatic carbocycles. The average Bonchev–Trinajstić information content (AvgIpc) is 2.35. The minimum Gasteiger partial charge on any atom is -0.466 e. The standard InChI is InChI=1S/C15H28O4/c1-7-15(8-2,14(17)19-10-4)12(11(5)6)13(16)18-9-3/h11-12H,7-10H2,1-6H3. The fourth-order valence-corrected chi connectivity index (χ4v) is 2.75. The van der Waals surface area contributed by atoms with Crippen LogP contribution in [-0.2, 0) is 19.1 Å². The lowest BCUT2D eigenvalue weighted by Crippen LogP contribution is -2.46. The topological polar surface area (TPSA) is 52.6 Å². The van der Waals surface area contributed by atoms with Gasteiger partial charge in [-0.15, -0.1) is 0 Å². The van der Waals surface area contributed by atoms with Crippen molar-refractivity contribution in [2.75, 3.05) is 13.2 Å². The number of carbonyl (C=O) groups is 2. The Bertz CT molecular complexity index is 293. The minimum atomic E-state index is -0.781. The normalized spacial score (nSPS) is 13.2. The van der Waals surface area contributed by atoms with Crippen LogP contribution in [0.5, 0.6) is 0 Å². The van der Waals surface area contributed by atoms with Crippen LogP contribution in [0.1, 0.15) is 54.4 Å². The molecule has 0 fully saturated rings. The van der Waals surface area contributed by atoms with E-state index in [4.69, 9.17) is 9.47 Å². The third-order valence-corrected chi connectivity index (χ3v) is 3.75. The molecule has 0 aromatic rings. The van der Waals surface area contributed by atoms with Crippen molar-refractivity contribution in [1.82, 2.24) is 0 Å². The van der Waals surface area contributed by atoms with Gasteiger partial charge in [-0.1, -0.05) is 27.7 Å². The summed E-state index contributed by atoms with van der Waals surface area (Å²) in [5.41, 5.74) is -0.781. The molecular weight excluding hydrogens is 244 g/mol. The molecule has 0 aliphatic rings. The second kappa shape index (κ2) is 8.18. The molecule has 0 heterocycles. The van der Waals surface area contributed by atoms with Crippen LogP contribution in [0.15, 0.2) is 0 Å². The molecule has 4 nitrogen and oxygen atoms in total. The van der Waals surface area contributed by atoms with Crippen LogP contribution in [0.25, 0.3) is 0 Å². The Balaban J connectivity index is 5.50. The third kappa shape index (κ3) is 3.95. The van der Waals surface area contributed by atoms with Gasteiger partial charge in [0.1, 0.15) is 0 Å². The van der Waals surface area contributed by atoms with E-state index in [1.54, 1.807) is 13.8 Å². The second-order valence-electron chi connectivity index (χ2n) is 5.06. The largest absolute Gasteiger partial charge is 0.466 e. The Kier molecular flexibility index (Phi) is 7.72. The van der Waals surface area contributed by atoms with Crippen LogP contribution in [0.2, 0.25) is 0 Å². The molecule has 19 heavy (non-hydrogen) atoms. The van der Waals surface area contributed by atoms with Gasteiger partial charge in [0, 0.05) is 0 Å². The summed E-state index contributed by atoms with van der Waals surface area (Å²) in [6.45, 7) is 12.0. The van der Waals surface area contributed by atoms with Crippen molar-refractivity contribution in [1.29, 1.82) is 0 Å². The molecule has 0 bridgehead atoms. The minimum absolute atomic E-state index is 0.0309. The average molecular weight is 272 g/mol. The number of rotatable bonds is 8. The number of esters is 2. The lowest BCUT2D eigenvalue weighted by Gasteiger charge is -2.37. The van der Waals surface area contributed by atoms with Gasteiger partial charge in [-0.25, -0.2) is 0 Å². The first-order valence-electron chi connectivity index (χ1n) is 7.24. The first kappa shape index (κ1) is 17.9. The molecule has 0 rings (SSSR count). The highest BCUT2D eigenvalue weighted by atomic mass is 16.5. The Hall–Kier alpha value is -1.06. The summed E-state index contributed by atoms with van der Waals surface area (Å²) in [6.07, 6.45) is 1.15. The molecule has 112 valence electrons. The third-order valence-electron chi connectivity index (χ3n) is 3.75. The summed E-state index contributed by atoms with van der Waals surface area (Å²) < 4.78 is 10.4. The van der Waals surface area contributed by atoms with Gasteiger partial charge in [0.25, 0.3) is 0 Å². The predicted molar refractivity (Wildman–Crippen MR) is 74.6 cm³/mol. The van der Waals surface area contributed by atoms with E-state index in [1.165, 1.54) is 0 Å². The molecule has 0 aliphatic carbocycles. The van der Waals surface area contributed by atoms with Crippen molar-refractivity contribution in [3.63, 3.8) is 0 Å². The monoisotopic (exact) mass is 272 g/mol. The van der Waals surface area contributed by atoms with Gasteiger partial charge >= 0.3 is 11.9 Å². The Morgan fingerprint density at radius 1 is 0.947 bits per heavy atom. The first-order chi connectivity index (χ1) is 8.91. The molecule has 0 aliphatic heterocycles. The number of ether oxygens (including phenoxy) is 2. The zero-order valence-electron chi connectivity index (χ0n) is 13.1. The molecular formula is C15H28O4. The summed E-state index contributed by atoms with van der Waals surface area (Å²) in [5, 5.41) is 0. The van der Waals surface area contributed by atoms with E-state index >= 15 is 0 Å². The molecule has 1 unspecified atom stereocenters. The second-order valence-corrected chi connectivity index (χ2v) is 5.06. The fraction of sp³-hybridized carbons (Fsp3) is 0.867. The van der Waals surface area contributed by atoms with Gasteiger partial charge in [0.2, 0.25) is 0 Å². The van der Waals surface area contributed by atoms with E-state index < -0.39 is 11.3 Å². The van der Waals surface area contributed by atoms with Gasteiger partial charge < -0.3 is 9.47 Å². The maximum absolute atomic E-state index is 12.4. The van der Waals surface area contributed by atoms with Crippen molar-refractivity contribution in [2.45, 2.75) is 54.4 Å². The number of hydrogen-bond donors (Lipinski definition) is 0. The molecule has 0 aromatic heterocycles. The highest BCUT2D eigenvalue weighted by Crippen LogP contribution is 2.41. The summed E-state index contributed by atoms with van der Waals surface area (Å²) >= 11 is 0. The lowest BCUT2D eigenvalue weighted by molar-refractivity contribution is -0.173. The van der Waals surface area contributed by atoms with Crippen LogP contribution >= 0.6 is 0 Å². The van der Waals surface area contributed by atoms with E-state index in [2.05, 4.69) is 0 Å². The molecule has 1 atom stereocenters. The van der Waals surface area contributed by atoms with E-state index in [0.717, 1.165) is 0 Å². The van der Waals surface area contributed by atoms with E-state index in [9.17, 15) is 9.59 Å². The van der Waals surface area contributed by atoms with Gasteiger partial charge in [0.05, 0.1) is 24.5 Å². The van der Waals surface area contributed by atoms with E-state index in [0.29, 0.717) is 26.1 Å². The lowest BCUT2D eigenvalue weighted by atomic mass is 9.66. The number of hydrogen-bond acceptors (Lipinski definition) is 4. The van der Waals surface area contributed by atoms with Crippen molar-refractivity contribution >= 4 is 11.9 Å². The van der Waals surface area contributed by atoms with Crippen molar-refractivity contribution < 1.29 is 19.1 Å². The molecule has 0 spiro atoms. The quantitative estimate of drug-likeness (QED) is 0.637. The Morgan fingerprint density at radius 3 is 1.74 bits per heavy atom. The van der Waals surface area contributed by atoms with Gasteiger partial charge in [-0.05, 0) is 32.6 Å². The van der Waals surface area contributed by atoms with Crippen molar-refractivity contribution in [3.05, 3.63) is 0 Å². The number of carbonyl (C=O) groups excluding carboxylic acids is 2. The molecule has 0 saturated heterocycles. The molecule has 0 radical (unpaired) electrons. The highest BCUT2D eigenvalue weighted by molar-refractivity contribution is 5.85. The summed E-state index contributed by atoms with van der Waals surface area (Å²) in [5.74, 6) is -1.01. The maximum Gasteiger partial charge on any atom is 0.312 e. The molecule has 4 heteroatoms. The van der Waals surface area contributed by atoms with Crippen LogP contribution in [-0.4, -0.2) is 25.2 Å². The van der Waals surface area contributed by atoms with Crippen molar-refractivity contribution in [3.8, 4) is 0 Å². The van der Waals surface area contributed by atoms with Gasteiger partial charge in [-0.2, -0.15) is 0 Å². The van der Waals surface area contributed by atoms with Crippen LogP contribution < -0.4 is 0 Å². The van der Waals surface area contributed by atoms with Crippen LogP contribution in [0.3, 0.4) is 0 Å². The Morgan fingerprint density at radius 2 is 1.42 bits per heavy atom. The van der Waals surface area contributed by atoms with Gasteiger partial charge in [0.15, 0.2) is 0 Å². The van der Waals surface area contributed by atoms with Crippen molar-refractivity contribution in [2.24, 2.45) is 17.3 Å². The summed E-state index contributed by atoms with van der Waals surface area (Å²) in [4.78, 5) is 24.6. The fourth-order valence-electron chi connectivity index (χ4n) is 2.75. The molecule has 0 saturated carbocycles. The first-order valence-corrected chi connectivity index (χ1v) is 7.24. The maximum atomic E-state index is 12.4.